The van der Waals surface area contributed by atoms with Crippen LogP contribution < -0.4 is 5.73 Å². The van der Waals surface area contributed by atoms with Crippen molar-refractivity contribution in [2.75, 3.05) is 0 Å². The van der Waals surface area contributed by atoms with E-state index in [1.54, 1.807) is 6.07 Å². The molecule has 0 aliphatic heterocycles. The number of hydrogen-bond acceptors (Lipinski definition) is 2. The summed E-state index contributed by atoms with van der Waals surface area (Å²) >= 11 is 6.20. The van der Waals surface area contributed by atoms with Crippen molar-refractivity contribution >= 4 is 17.4 Å². The molecule has 0 unspecified atom stereocenters. The van der Waals surface area contributed by atoms with E-state index in [0.717, 1.165) is 18.4 Å². The highest BCUT2D eigenvalue weighted by molar-refractivity contribution is 6.31. The molecule has 1 aromatic carbocycles. The van der Waals surface area contributed by atoms with Crippen molar-refractivity contribution in [1.82, 2.24) is 0 Å². The lowest BCUT2D eigenvalue weighted by Gasteiger charge is -2.34. The van der Waals surface area contributed by atoms with Crippen molar-refractivity contribution in [1.29, 1.82) is 5.41 Å². The molecule has 0 atom stereocenters. The molecule has 2 rings (SSSR count). The van der Waals surface area contributed by atoms with E-state index in [0.29, 0.717) is 28.7 Å². The van der Waals surface area contributed by atoms with Gasteiger partial charge in [0, 0.05) is 10.6 Å². The zero-order valence-corrected chi connectivity index (χ0v) is 13.0. The Kier molecular flexibility index (Phi) is 4.71. The van der Waals surface area contributed by atoms with E-state index in [9.17, 15) is 0 Å². The summed E-state index contributed by atoms with van der Waals surface area (Å²) in [5, 5.41) is 8.01. The van der Waals surface area contributed by atoms with Crippen molar-refractivity contribution < 1.29 is 4.74 Å². The van der Waals surface area contributed by atoms with Crippen LogP contribution in [0.2, 0.25) is 5.02 Å². The molecule has 3 nitrogen and oxygen atoms in total. The number of rotatable bonds is 4. The van der Waals surface area contributed by atoms with Crippen LogP contribution >= 0.6 is 11.6 Å². The van der Waals surface area contributed by atoms with Gasteiger partial charge in [-0.1, -0.05) is 37.6 Å². The first kappa shape index (κ1) is 15.3. The van der Waals surface area contributed by atoms with Gasteiger partial charge >= 0.3 is 0 Å². The largest absolute Gasteiger partial charge is 0.384 e. The fourth-order valence-electron chi connectivity index (χ4n) is 2.58. The maximum atomic E-state index is 7.39. The van der Waals surface area contributed by atoms with Crippen LogP contribution in [0.25, 0.3) is 0 Å². The first-order valence-corrected chi connectivity index (χ1v) is 7.50. The van der Waals surface area contributed by atoms with Crippen LogP contribution in [0.1, 0.15) is 50.7 Å². The van der Waals surface area contributed by atoms with Gasteiger partial charge in [-0.3, -0.25) is 5.41 Å². The maximum Gasteiger partial charge on any atom is 0.122 e. The minimum absolute atomic E-state index is 0.0360. The van der Waals surface area contributed by atoms with Crippen LogP contribution in [0.4, 0.5) is 0 Å². The van der Waals surface area contributed by atoms with E-state index in [1.807, 2.05) is 12.1 Å². The summed E-state index contributed by atoms with van der Waals surface area (Å²) in [5.41, 5.74) is 7.51. The Morgan fingerprint density at radius 3 is 2.60 bits per heavy atom. The third kappa shape index (κ3) is 3.97. The number of nitrogens with two attached hydrogens (primary N) is 1. The fourth-order valence-corrected chi connectivity index (χ4v) is 2.81. The lowest BCUT2D eigenvalue weighted by Crippen LogP contribution is -2.26. The SMILES string of the molecule is CC1(C)CCC(OCc2ccc(C(=N)N)cc2Cl)CC1. The normalized spacial score (nSPS) is 18.9. The minimum Gasteiger partial charge on any atom is -0.384 e. The number of ether oxygens (including phenoxy) is 1. The molecule has 110 valence electrons. The van der Waals surface area contributed by atoms with Gasteiger partial charge in [0.1, 0.15) is 5.84 Å². The summed E-state index contributed by atoms with van der Waals surface area (Å²) < 4.78 is 5.97. The zero-order valence-electron chi connectivity index (χ0n) is 12.2. The molecule has 0 heterocycles. The highest BCUT2D eigenvalue weighted by atomic mass is 35.5. The molecule has 0 bridgehead atoms. The predicted molar refractivity (Wildman–Crippen MR) is 83.3 cm³/mol. The Bertz CT molecular complexity index is 489. The van der Waals surface area contributed by atoms with Crippen molar-refractivity contribution in [3.8, 4) is 0 Å². The Morgan fingerprint density at radius 2 is 2.05 bits per heavy atom. The molecule has 1 aliphatic rings. The first-order chi connectivity index (χ1) is 9.37. The zero-order chi connectivity index (χ0) is 14.8. The number of nitrogen functional groups attached to an aromatic ring is 1. The number of amidine groups is 1. The van der Waals surface area contributed by atoms with Gasteiger partial charge in [0.25, 0.3) is 0 Å². The van der Waals surface area contributed by atoms with Crippen LogP contribution in [0, 0.1) is 10.8 Å². The lowest BCUT2D eigenvalue weighted by molar-refractivity contribution is -0.00555. The number of nitrogens with one attached hydrogen (secondary N) is 1. The molecular formula is C16H23ClN2O. The molecule has 1 aromatic rings. The average molecular weight is 295 g/mol. The molecule has 4 heteroatoms. The number of hydrogen-bond donors (Lipinski definition) is 2. The van der Waals surface area contributed by atoms with Crippen molar-refractivity contribution in [2.45, 2.75) is 52.2 Å². The van der Waals surface area contributed by atoms with E-state index in [1.165, 1.54) is 12.8 Å². The Morgan fingerprint density at radius 1 is 1.40 bits per heavy atom. The number of halogens is 1. The standard InChI is InChI=1S/C16H23ClN2O/c1-16(2)7-5-13(6-8-16)20-10-12-4-3-11(15(18)19)9-14(12)17/h3-4,9,13H,5-8,10H2,1-2H3,(H3,18,19). The van der Waals surface area contributed by atoms with E-state index in [4.69, 9.17) is 27.5 Å². The van der Waals surface area contributed by atoms with E-state index >= 15 is 0 Å². The summed E-state index contributed by atoms with van der Waals surface area (Å²) in [6.45, 7) is 5.17. The first-order valence-electron chi connectivity index (χ1n) is 7.12. The van der Waals surface area contributed by atoms with Gasteiger partial charge in [-0.05, 0) is 42.7 Å². The van der Waals surface area contributed by atoms with E-state index in [2.05, 4.69) is 13.8 Å². The second-order valence-corrected chi connectivity index (χ2v) is 6.80. The smallest absolute Gasteiger partial charge is 0.122 e. The Balaban J connectivity index is 1.90. The molecule has 0 aromatic heterocycles. The second-order valence-electron chi connectivity index (χ2n) is 6.39. The van der Waals surface area contributed by atoms with Gasteiger partial charge in [0.2, 0.25) is 0 Å². The van der Waals surface area contributed by atoms with Crippen LogP contribution in [-0.2, 0) is 11.3 Å². The van der Waals surface area contributed by atoms with Gasteiger partial charge < -0.3 is 10.5 Å². The van der Waals surface area contributed by atoms with Crippen LogP contribution in [-0.4, -0.2) is 11.9 Å². The maximum absolute atomic E-state index is 7.39. The molecule has 3 N–H and O–H groups in total. The van der Waals surface area contributed by atoms with E-state index < -0.39 is 0 Å². The summed E-state index contributed by atoms with van der Waals surface area (Å²) in [7, 11) is 0. The van der Waals surface area contributed by atoms with Gasteiger partial charge in [-0.15, -0.1) is 0 Å². The third-order valence-electron chi connectivity index (χ3n) is 4.12. The molecule has 0 radical (unpaired) electrons. The number of benzene rings is 1. The highest BCUT2D eigenvalue weighted by Gasteiger charge is 2.27. The molecule has 0 amide bonds. The van der Waals surface area contributed by atoms with Gasteiger partial charge in [-0.2, -0.15) is 0 Å². The highest BCUT2D eigenvalue weighted by Crippen LogP contribution is 2.36. The van der Waals surface area contributed by atoms with Crippen LogP contribution in [0.15, 0.2) is 18.2 Å². The van der Waals surface area contributed by atoms with Gasteiger partial charge in [-0.25, -0.2) is 0 Å². The summed E-state index contributed by atoms with van der Waals surface area (Å²) in [4.78, 5) is 0. The lowest BCUT2D eigenvalue weighted by atomic mass is 9.76. The molecule has 1 fully saturated rings. The average Bonchev–Trinajstić information content (AvgIpc) is 2.38. The predicted octanol–water partition coefficient (Wildman–Crippen LogP) is 4.11. The third-order valence-corrected chi connectivity index (χ3v) is 4.48. The minimum atomic E-state index is 0.0360. The molecule has 1 aliphatic carbocycles. The van der Waals surface area contributed by atoms with Crippen LogP contribution in [0.5, 0.6) is 0 Å². The topological polar surface area (TPSA) is 59.1 Å². The molecule has 1 saturated carbocycles. The summed E-state index contributed by atoms with van der Waals surface area (Å²) in [6, 6.07) is 5.44. The molecule has 0 spiro atoms. The summed E-state index contributed by atoms with van der Waals surface area (Å²) in [5.74, 6) is 0.0360. The fraction of sp³-hybridized carbons (Fsp3) is 0.562. The Hall–Kier alpha value is -1.06. The Labute approximate surface area is 126 Å². The van der Waals surface area contributed by atoms with Crippen molar-refractivity contribution in [3.63, 3.8) is 0 Å². The quantitative estimate of drug-likeness (QED) is 0.648. The van der Waals surface area contributed by atoms with Gasteiger partial charge in [0.15, 0.2) is 0 Å². The van der Waals surface area contributed by atoms with Crippen LogP contribution in [0.3, 0.4) is 0 Å². The molecular weight excluding hydrogens is 272 g/mol. The van der Waals surface area contributed by atoms with Crippen molar-refractivity contribution in [2.24, 2.45) is 11.1 Å². The molecule has 0 saturated heterocycles. The van der Waals surface area contributed by atoms with Gasteiger partial charge in [0.05, 0.1) is 12.7 Å². The molecule has 20 heavy (non-hydrogen) atoms. The second kappa shape index (κ2) is 6.15. The monoisotopic (exact) mass is 294 g/mol. The summed E-state index contributed by atoms with van der Waals surface area (Å²) in [6.07, 6.45) is 5.02. The van der Waals surface area contributed by atoms with Crippen molar-refractivity contribution in [3.05, 3.63) is 34.3 Å². The van der Waals surface area contributed by atoms with E-state index in [-0.39, 0.29) is 5.84 Å².